The van der Waals surface area contributed by atoms with Crippen LogP contribution < -0.4 is 15.5 Å². The van der Waals surface area contributed by atoms with Crippen LogP contribution in [0.4, 0.5) is 5.00 Å². The molecule has 5 heteroatoms. The number of fused-ring (bicyclic) bond motifs is 4. The van der Waals surface area contributed by atoms with Crippen molar-refractivity contribution in [3.8, 4) is 0 Å². The van der Waals surface area contributed by atoms with Crippen molar-refractivity contribution in [2.75, 3.05) is 18.9 Å². The Morgan fingerprint density at radius 1 is 1.12 bits per heavy atom. The lowest BCUT2D eigenvalue weighted by Crippen LogP contribution is -3.08. The van der Waals surface area contributed by atoms with Crippen LogP contribution >= 0.6 is 11.3 Å². The molecule has 0 radical (unpaired) electrons. The summed E-state index contributed by atoms with van der Waals surface area (Å²) in [6, 6.07) is 14.6. The van der Waals surface area contributed by atoms with Crippen LogP contribution in [0.2, 0.25) is 0 Å². The van der Waals surface area contributed by atoms with Crippen LogP contribution in [0.25, 0.3) is 10.8 Å². The van der Waals surface area contributed by atoms with Gasteiger partial charge in [0.15, 0.2) is 0 Å². The molecule has 0 spiro atoms. The van der Waals surface area contributed by atoms with Crippen molar-refractivity contribution in [2.45, 2.75) is 19.1 Å². The molecule has 2 aliphatic rings. The number of amides is 1. The van der Waals surface area contributed by atoms with E-state index in [1.165, 1.54) is 26.1 Å². The van der Waals surface area contributed by atoms with Gasteiger partial charge in [-0.05, 0) is 16.3 Å². The molecule has 5 rings (SSSR count). The molecule has 126 valence electrons. The molecule has 2 aliphatic heterocycles. The summed E-state index contributed by atoms with van der Waals surface area (Å²) in [6.45, 7) is 2.11. The Kier molecular flexibility index (Phi) is 3.33. The van der Waals surface area contributed by atoms with Gasteiger partial charge in [-0.25, -0.2) is 0 Å². The second-order valence-electron chi connectivity index (χ2n) is 6.96. The first-order valence-corrected chi connectivity index (χ1v) is 9.53. The molecule has 0 saturated heterocycles. The Bertz CT molecular complexity index is 989. The predicted octanol–water partition coefficient (Wildman–Crippen LogP) is 2.33. The third-order valence-corrected chi connectivity index (χ3v) is 6.43. The van der Waals surface area contributed by atoms with Crippen molar-refractivity contribution in [2.24, 2.45) is 0 Å². The molecule has 1 amide bonds. The maximum atomic E-state index is 12.9. The minimum absolute atomic E-state index is 0.0590. The van der Waals surface area contributed by atoms with Gasteiger partial charge in [-0.2, -0.15) is 0 Å². The van der Waals surface area contributed by atoms with E-state index >= 15 is 0 Å². The molecule has 2 aromatic carbocycles. The van der Waals surface area contributed by atoms with E-state index in [0.29, 0.717) is 0 Å². The van der Waals surface area contributed by atoms with Crippen molar-refractivity contribution in [1.29, 1.82) is 0 Å². The van der Waals surface area contributed by atoms with Crippen LogP contribution in [0.15, 0.2) is 42.5 Å². The highest BCUT2D eigenvalue weighted by Gasteiger charge is 2.34. The van der Waals surface area contributed by atoms with E-state index in [9.17, 15) is 4.79 Å². The molecule has 0 saturated carbocycles. The van der Waals surface area contributed by atoms with Gasteiger partial charge in [0.25, 0.3) is 5.91 Å². The van der Waals surface area contributed by atoms with Crippen molar-refractivity contribution >= 4 is 33.0 Å². The average Bonchev–Trinajstić information content (AvgIpc) is 2.99. The minimum atomic E-state index is -0.184. The maximum Gasteiger partial charge on any atom is 0.256 e. The number of likely N-dealkylation sites (N-methyl/N-ethyl adjacent to an activating group) is 1. The monoisotopic (exact) mass is 350 g/mol. The molecule has 3 heterocycles. The fraction of sp³-hybridized carbons (Fsp3) is 0.250. The Morgan fingerprint density at radius 3 is 2.88 bits per heavy atom. The molecule has 0 aliphatic carbocycles. The van der Waals surface area contributed by atoms with Crippen molar-refractivity contribution < 1.29 is 9.69 Å². The number of hydrogen-bond acceptors (Lipinski definition) is 3. The summed E-state index contributed by atoms with van der Waals surface area (Å²) in [4.78, 5) is 15.7. The molecule has 3 N–H and O–H groups in total. The highest BCUT2D eigenvalue weighted by Crippen LogP contribution is 2.39. The second kappa shape index (κ2) is 5.58. The average molecular weight is 350 g/mol. The third kappa shape index (κ3) is 2.34. The Labute approximate surface area is 150 Å². The number of carbonyl (C=O) groups excluding carboxylic acids is 1. The van der Waals surface area contributed by atoms with Crippen LogP contribution in [0, 0.1) is 0 Å². The number of nitrogens with one attached hydrogen (secondary N) is 3. The summed E-state index contributed by atoms with van der Waals surface area (Å²) in [5, 5.41) is 10.2. The zero-order valence-corrected chi connectivity index (χ0v) is 14.9. The Morgan fingerprint density at radius 2 is 1.96 bits per heavy atom. The van der Waals surface area contributed by atoms with Gasteiger partial charge in [0.05, 0.1) is 24.0 Å². The van der Waals surface area contributed by atoms with Gasteiger partial charge >= 0.3 is 0 Å². The lowest BCUT2D eigenvalue weighted by atomic mass is 9.98. The van der Waals surface area contributed by atoms with E-state index in [1.807, 2.05) is 12.1 Å². The number of benzene rings is 2. The van der Waals surface area contributed by atoms with Crippen LogP contribution in [0.1, 0.15) is 32.5 Å². The van der Waals surface area contributed by atoms with Crippen molar-refractivity contribution in [3.63, 3.8) is 0 Å². The molecular formula is C20H20N3OS+. The van der Waals surface area contributed by atoms with Gasteiger partial charge < -0.3 is 15.5 Å². The first kappa shape index (κ1) is 14.9. The summed E-state index contributed by atoms with van der Waals surface area (Å²) in [5.74, 6) is 0.0590. The molecule has 0 bridgehead atoms. The largest absolute Gasteiger partial charge is 0.353 e. The zero-order valence-electron chi connectivity index (χ0n) is 14.1. The molecule has 1 aromatic heterocycles. The number of quaternary nitrogens is 1. The van der Waals surface area contributed by atoms with Gasteiger partial charge in [-0.1, -0.05) is 42.5 Å². The molecule has 3 aromatic rings. The number of carbonyl (C=O) groups is 1. The maximum absolute atomic E-state index is 12.9. The molecular weight excluding hydrogens is 330 g/mol. The predicted molar refractivity (Wildman–Crippen MR) is 101 cm³/mol. The summed E-state index contributed by atoms with van der Waals surface area (Å²) >= 11 is 1.76. The van der Waals surface area contributed by atoms with Crippen LogP contribution in [-0.2, 0) is 13.0 Å². The van der Waals surface area contributed by atoms with E-state index in [1.54, 1.807) is 11.3 Å². The van der Waals surface area contributed by atoms with Gasteiger partial charge in [0.1, 0.15) is 17.7 Å². The van der Waals surface area contributed by atoms with E-state index in [0.717, 1.165) is 35.6 Å². The normalized spacial score (nSPS) is 22.0. The molecule has 0 fully saturated rings. The molecule has 1 unspecified atom stereocenters. The Balaban J connectivity index is 1.58. The lowest BCUT2D eigenvalue weighted by Gasteiger charge is -2.28. The van der Waals surface area contributed by atoms with Crippen LogP contribution in [-0.4, -0.2) is 19.5 Å². The highest BCUT2D eigenvalue weighted by atomic mass is 32.1. The fourth-order valence-corrected chi connectivity index (χ4v) is 5.38. The van der Waals surface area contributed by atoms with Crippen LogP contribution in [0.3, 0.4) is 0 Å². The molecule has 25 heavy (non-hydrogen) atoms. The van der Waals surface area contributed by atoms with Crippen molar-refractivity contribution in [3.05, 3.63) is 64.0 Å². The summed E-state index contributed by atoms with van der Waals surface area (Å²) in [7, 11) is 2.22. The van der Waals surface area contributed by atoms with Gasteiger partial charge in [-0.15, -0.1) is 11.3 Å². The summed E-state index contributed by atoms with van der Waals surface area (Å²) in [6.07, 6.45) is 0.803. The topological polar surface area (TPSA) is 45.6 Å². The van der Waals surface area contributed by atoms with Gasteiger partial charge in [0, 0.05) is 12.0 Å². The highest BCUT2D eigenvalue weighted by molar-refractivity contribution is 7.16. The first-order chi connectivity index (χ1) is 12.2. The van der Waals surface area contributed by atoms with Crippen LogP contribution in [0.5, 0.6) is 0 Å². The van der Waals surface area contributed by atoms with Gasteiger partial charge in [0.2, 0.25) is 0 Å². The number of anilines is 1. The third-order valence-electron chi connectivity index (χ3n) is 5.27. The smallest absolute Gasteiger partial charge is 0.256 e. The molecule has 4 nitrogen and oxygen atoms in total. The minimum Gasteiger partial charge on any atom is -0.353 e. The van der Waals surface area contributed by atoms with E-state index in [-0.39, 0.29) is 12.1 Å². The summed E-state index contributed by atoms with van der Waals surface area (Å²) in [5.41, 5.74) is 3.25. The molecule has 2 atom stereocenters. The number of hydrogen-bond donors (Lipinski definition) is 3. The second-order valence-corrected chi connectivity index (χ2v) is 8.07. The Hall–Kier alpha value is -2.37. The zero-order chi connectivity index (χ0) is 17.0. The summed E-state index contributed by atoms with van der Waals surface area (Å²) < 4.78 is 0. The fourth-order valence-electron chi connectivity index (χ4n) is 3.99. The SMILES string of the molecule is C[NH+]1CCc2c(sc3c2C(=O)N[C@@H](c2cccc4ccccc24)N3)C1. The van der Waals surface area contributed by atoms with E-state index in [4.69, 9.17) is 0 Å². The lowest BCUT2D eigenvalue weighted by molar-refractivity contribution is -0.895. The van der Waals surface area contributed by atoms with E-state index < -0.39 is 0 Å². The van der Waals surface area contributed by atoms with Gasteiger partial charge in [-0.3, -0.25) is 4.79 Å². The first-order valence-electron chi connectivity index (χ1n) is 8.71. The van der Waals surface area contributed by atoms with Crippen molar-refractivity contribution in [1.82, 2.24) is 5.32 Å². The standard InChI is InChI=1S/C20H19N3OS/c1-23-10-9-15-16(11-23)25-20-17(15)19(24)21-18(22-20)14-8-4-6-12-5-2-3-7-13(12)14/h2-8,18,22H,9-11H2,1H3,(H,21,24)/p+1/t18-/m1/s1. The number of thiophene rings is 1. The quantitative estimate of drug-likeness (QED) is 0.631. The number of rotatable bonds is 1. The van der Waals surface area contributed by atoms with E-state index in [2.05, 4.69) is 48.0 Å².